The molecule has 122 valence electrons. The second-order valence-electron chi connectivity index (χ2n) is 5.39. The molecule has 3 aromatic rings. The fourth-order valence-electron chi connectivity index (χ4n) is 2.58. The van der Waals surface area contributed by atoms with Crippen LogP contribution < -0.4 is 15.4 Å². The SMILES string of the molecule is CCOc1ccc(-c2cc3n(n2)S[C@@H](Nc2ccccc2)N3)cc1. The van der Waals surface area contributed by atoms with E-state index < -0.39 is 0 Å². The third kappa shape index (κ3) is 3.05. The number of para-hydroxylation sites is 1. The van der Waals surface area contributed by atoms with Crippen LogP contribution in [0, 0.1) is 0 Å². The molecule has 2 N–H and O–H groups in total. The number of fused-ring (bicyclic) bond motifs is 1. The molecule has 0 unspecified atom stereocenters. The molecule has 5 nitrogen and oxygen atoms in total. The fraction of sp³-hybridized carbons (Fsp3) is 0.167. The van der Waals surface area contributed by atoms with Gasteiger partial charge in [-0.15, -0.1) is 0 Å². The summed E-state index contributed by atoms with van der Waals surface area (Å²) in [6, 6.07) is 20.2. The standard InChI is InChI=1S/C18H18N4OS/c1-2-23-15-10-8-13(9-11-15)16-12-17-20-18(24-22(17)21-16)19-14-6-4-3-5-7-14/h3-12,18-20H,2H2,1H3/t18-/m0/s1. The number of hydrogen-bond donors (Lipinski definition) is 2. The summed E-state index contributed by atoms with van der Waals surface area (Å²) in [4.78, 5) is 0. The second-order valence-corrected chi connectivity index (χ2v) is 6.41. The Morgan fingerprint density at radius 2 is 1.96 bits per heavy atom. The van der Waals surface area contributed by atoms with Gasteiger partial charge < -0.3 is 15.4 Å². The first kappa shape index (κ1) is 15.0. The zero-order chi connectivity index (χ0) is 16.4. The minimum Gasteiger partial charge on any atom is -0.494 e. The van der Waals surface area contributed by atoms with E-state index in [0.29, 0.717) is 6.61 Å². The summed E-state index contributed by atoms with van der Waals surface area (Å²) < 4.78 is 7.40. The number of nitrogens with zero attached hydrogens (tertiary/aromatic N) is 2. The lowest BCUT2D eigenvalue weighted by molar-refractivity contribution is 0.340. The Labute approximate surface area is 145 Å². The lowest BCUT2D eigenvalue weighted by Gasteiger charge is -2.12. The van der Waals surface area contributed by atoms with Crippen LogP contribution in [0.1, 0.15) is 6.92 Å². The summed E-state index contributed by atoms with van der Waals surface area (Å²) in [6.07, 6.45) is 0. The number of aromatic nitrogens is 2. The Morgan fingerprint density at radius 1 is 1.17 bits per heavy atom. The molecule has 1 aliphatic heterocycles. The molecule has 2 heterocycles. The smallest absolute Gasteiger partial charge is 0.168 e. The molecular formula is C18H18N4OS. The largest absolute Gasteiger partial charge is 0.494 e. The normalized spacial score (nSPS) is 15.6. The highest BCUT2D eigenvalue weighted by Gasteiger charge is 2.23. The van der Waals surface area contributed by atoms with Gasteiger partial charge in [0.15, 0.2) is 5.50 Å². The molecule has 1 aromatic heterocycles. The Kier molecular flexibility index (Phi) is 4.04. The molecule has 0 aliphatic carbocycles. The van der Waals surface area contributed by atoms with Gasteiger partial charge in [-0.1, -0.05) is 18.2 Å². The van der Waals surface area contributed by atoms with Crippen LogP contribution in [0.5, 0.6) is 5.75 Å². The van der Waals surface area contributed by atoms with Crippen LogP contribution in [-0.4, -0.2) is 21.3 Å². The number of benzene rings is 2. The number of anilines is 2. The first-order valence-corrected chi connectivity index (χ1v) is 8.74. The van der Waals surface area contributed by atoms with E-state index in [1.807, 2.05) is 53.5 Å². The molecule has 4 rings (SSSR count). The van der Waals surface area contributed by atoms with Crippen molar-refractivity contribution in [2.24, 2.45) is 0 Å². The van der Waals surface area contributed by atoms with Crippen molar-refractivity contribution >= 4 is 23.5 Å². The van der Waals surface area contributed by atoms with Crippen molar-refractivity contribution in [3.05, 3.63) is 60.7 Å². The van der Waals surface area contributed by atoms with Crippen molar-refractivity contribution in [1.29, 1.82) is 0 Å². The highest BCUT2D eigenvalue weighted by molar-refractivity contribution is 7.98. The van der Waals surface area contributed by atoms with E-state index in [9.17, 15) is 0 Å². The molecule has 1 aliphatic rings. The van der Waals surface area contributed by atoms with Gasteiger partial charge in [0.05, 0.1) is 12.3 Å². The highest BCUT2D eigenvalue weighted by atomic mass is 32.2. The van der Waals surface area contributed by atoms with Gasteiger partial charge in [0.1, 0.15) is 11.6 Å². The van der Waals surface area contributed by atoms with E-state index in [4.69, 9.17) is 4.74 Å². The van der Waals surface area contributed by atoms with Crippen LogP contribution in [0.15, 0.2) is 60.7 Å². The molecule has 2 aromatic carbocycles. The first-order valence-electron chi connectivity index (χ1n) is 7.90. The number of nitrogens with one attached hydrogen (secondary N) is 2. The van der Waals surface area contributed by atoms with Crippen molar-refractivity contribution in [3.8, 4) is 17.0 Å². The van der Waals surface area contributed by atoms with Crippen LogP contribution in [0.3, 0.4) is 0 Å². The number of rotatable bonds is 5. The molecule has 1 atom stereocenters. The average Bonchev–Trinajstić information content (AvgIpc) is 3.15. The summed E-state index contributed by atoms with van der Waals surface area (Å²) in [7, 11) is 0. The van der Waals surface area contributed by atoms with Crippen molar-refractivity contribution in [3.63, 3.8) is 0 Å². The van der Waals surface area contributed by atoms with Crippen molar-refractivity contribution < 1.29 is 4.74 Å². The maximum atomic E-state index is 5.48. The minimum atomic E-state index is 0.0734. The van der Waals surface area contributed by atoms with E-state index >= 15 is 0 Å². The zero-order valence-electron chi connectivity index (χ0n) is 13.3. The van der Waals surface area contributed by atoms with Gasteiger partial charge in [-0.3, -0.25) is 0 Å². The van der Waals surface area contributed by atoms with E-state index in [2.05, 4.69) is 33.9 Å². The maximum Gasteiger partial charge on any atom is 0.168 e. The van der Waals surface area contributed by atoms with Gasteiger partial charge in [0.2, 0.25) is 0 Å². The highest BCUT2D eigenvalue weighted by Crippen LogP contribution is 2.33. The van der Waals surface area contributed by atoms with Crippen LogP contribution in [0.2, 0.25) is 0 Å². The molecule has 0 radical (unpaired) electrons. The van der Waals surface area contributed by atoms with Crippen molar-refractivity contribution in [2.45, 2.75) is 12.4 Å². The Bertz CT molecular complexity index is 793. The predicted molar refractivity (Wildman–Crippen MR) is 99.3 cm³/mol. The van der Waals surface area contributed by atoms with Gasteiger partial charge in [-0.05, 0) is 43.3 Å². The Hall–Kier alpha value is -2.60. The molecule has 0 spiro atoms. The summed E-state index contributed by atoms with van der Waals surface area (Å²) in [6.45, 7) is 2.66. The second kappa shape index (κ2) is 6.49. The molecule has 0 amide bonds. The Morgan fingerprint density at radius 3 is 2.67 bits per heavy atom. The monoisotopic (exact) mass is 338 g/mol. The van der Waals surface area contributed by atoms with Gasteiger partial charge in [-0.2, -0.15) is 9.19 Å². The van der Waals surface area contributed by atoms with Gasteiger partial charge in [0, 0.05) is 29.3 Å². The average molecular weight is 338 g/mol. The molecule has 0 saturated heterocycles. The Balaban J connectivity index is 1.45. The van der Waals surface area contributed by atoms with E-state index in [1.54, 1.807) is 11.9 Å². The fourth-order valence-corrected chi connectivity index (χ4v) is 3.50. The van der Waals surface area contributed by atoms with E-state index in [-0.39, 0.29) is 5.50 Å². The summed E-state index contributed by atoms with van der Waals surface area (Å²) in [5.41, 5.74) is 3.19. The minimum absolute atomic E-state index is 0.0734. The predicted octanol–water partition coefficient (Wildman–Crippen LogP) is 4.27. The summed E-state index contributed by atoms with van der Waals surface area (Å²) in [5, 5.41) is 11.5. The molecule has 24 heavy (non-hydrogen) atoms. The lowest BCUT2D eigenvalue weighted by Crippen LogP contribution is -2.20. The van der Waals surface area contributed by atoms with E-state index in [1.165, 1.54) is 0 Å². The molecule has 0 saturated carbocycles. The van der Waals surface area contributed by atoms with Crippen molar-refractivity contribution in [1.82, 2.24) is 9.19 Å². The van der Waals surface area contributed by atoms with Crippen molar-refractivity contribution in [2.75, 3.05) is 17.2 Å². The summed E-state index contributed by atoms with van der Waals surface area (Å²) in [5.74, 6) is 1.88. The third-order valence-corrected chi connectivity index (χ3v) is 4.62. The number of hydrogen-bond acceptors (Lipinski definition) is 5. The quantitative estimate of drug-likeness (QED) is 0.728. The third-order valence-electron chi connectivity index (χ3n) is 3.69. The topological polar surface area (TPSA) is 51.1 Å². The lowest BCUT2D eigenvalue weighted by atomic mass is 10.1. The van der Waals surface area contributed by atoms with Crippen LogP contribution in [0.4, 0.5) is 11.5 Å². The van der Waals surface area contributed by atoms with Crippen LogP contribution in [0.25, 0.3) is 11.3 Å². The van der Waals surface area contributed by atoms with E-state index in [0.717, 1.165) is 28.5 Å². The zero-order valence-corrected chi connectivity index (χ0v) is 14.1. The molecule has 0 fully saturated rings. The van der Waals surface area contributed by atoms with Gasteiger partial charge in [-0.25, -0.2) is 0 Å². The van der Waals surface area contributed by atoms with Gasteiger partial charge in [0.25, 0.3) is 0 Å². The molecule has 6 heteroatoms. The van der Waals surface area contributed by atoms with Gasteiger partial charge >= 0.3 is 0 Å². The van der Waals surface area contributed by atoms with Crippen LogP contribution >= 0.6 is 11.9 Å². The molecular weight excluding hydrogens is 320 g/mol. The first-order chi connectivity index (χ1) is 11.8. The summed E-state index contributed by atoms with van der Waals surface area (Å²) >= 11 is 1.62. The maximum absolute atomic E-state index is 5.48. The van der Waals surface area contributed by atoms with Crippen LogP contribution in [-0.2, 0) is 0 Å². The molecule has 0 bridgehead atoms. The number of ether oxygens (including phenoxy) is 1.